The van der Waals surface area contributed by atoms with E-state index in [2.05, 4.69) is 22.2 Å². The first-order valence-corrected chi connectivity index (χ1v) is 8.80. The van der Waals surface area contributed by atoms with Gasteiger partial charge in [0.2, 0.25) is 11.6 Å². The number of piperidine rings is 1. The fraction of sp³-hybridized carbons (Fsp3) is 0.444. The Hall–Kier alpha value is -3.10. The molecule has 1 fully saturated rings. The van der Waals surface area contributed by atoms with Gasteiger partial charge in [0, 0.05) is 18.7 Å². The monoisotopic (exact) mass is 373 g/mol. The smallest absolute Gasteiger partial charge is 0.353 e. The zero-order valence-electron chi connectivity index (χ0n) is 15.6. The SMILES string of the molecule is COc1ccc(Nc2ncnc(N3CCCCC3C)c2[N+](=O)[O-])c(OC)c1. The molecule has 9 nitrogen and oxygen atoms in total. The van der Waals surface area contributed by atoms with E-state index in [0.717, 1.165) is 25.8 Å². The fourth-order valence-electron chi connectivity index (χ4n) is 3.28. The molecule has 1 atom stereocenters. The lowest BCUT2D eigenvalue weighted by atomic mass is 10.0. The molecule has 1 aromatic heterocycles. The minimum atomic E-state index is -0.436. The van der Waals surface area contributed by atoms with Gasteiger partial charge in [-0.05, 0) is 38.3 Å². The van der Waals surface area contributed by atoms with Gasteiger partial charge in [-0.15, -0.1) is 0 Å². The summed E-state index contributed by atoms with van der Waals surface area (Å²) in [5, 5.41) is 14.9. The van der Waals surface area contributed by atoms with Gasteiger partial charge in [-0.2, -0.15) is 0 Å². The first-order valence-electron chi connectivity index (χ1n) is 8.80. The Labute approximate surface area is 157 Å². The molecule has 0 spiro atoms. The molecule has 1 saturated heterocycles. The average Bonchev–Trinajstić information content (AvgIpc) is 2.68. The van der Waals surface area contributed by atoms with Crippen molar-refractivity contribution in [3.8, 4) is 11.5 Å². The number of methoxy groups -OCH3 is 2. The summed E-state index contributed by atoms with van der Waals surface area (Å²) in [6.45, 7) is 2.80. The molecule has 0 bridgehead atoms. The van der Waals surface area contributed by atoms with E-state index >= 15 is 0 Å². The molecule has 1 aliphatic rings. The largest absolute Gasteiger partial charge is 0.497 e. The summed E-state index contributed by atoms with van der Waals surface area (Å²) in [6.07, 6.45) is 4.43. The summed E-state index contributed by atoms with van der Waals surface area (Å²) >= 11 is 0. The van der Waals surface area contributed by atoms with Crippen molar-refractivity contribution in [1.82, 2.24) is 9.97 Å². The van der Waals surface area contributed by atoms with Gasteiger partial charge in [-0.3, -0.25) is 10.1 Å². The predicted octanol–water partition coefficient (Wildman–Crippen LogP) is 3.52. The van der Waals surface area contributed by atoms with E-state index in [9.17, 15) is 10.1 Å². The molecule has 9 heteroatoms. The molecule has 1 aliphatic heterocycles. The molecule has 0 radical (unpaired) electrons. The Balaban J connectivity index is 2.01. The summed E-state index contributed by atoms with van der Waals surface area (Å²) in [6, 6.07) is 5.36. The molecule has 2 aromatic rings. The second-order valence-electron chi connectivity index (χ2n) is 6.38. The van der Waals surface area contributed by atoms with Crippen molar-refractivity contribution >= 4 is 23.0 Å². The Morgan fingerprint density at radius 1 is 1.26 bits per heavy atom. The Morgan fingerprint density at radius 2 is 2.07 bits per heavy atom. The normalized spacial score (nSPS) is 16.7. The van der Waals surface area contributed by atoms with Crippen molar-refractivity contribution in [3.63, 3.8) is 0 Å². The molecule has 0 aliphatic carbocycles. The number of nitro groups is 1. The third kappa shape index (κ3) is 3.86. The van der Waals surface area contributed by atoms with Crippen LogP contribution in [-0.4, -0.2) is 41.7 Å². The number of benzene rings is 1. The van der Waals surface area contributed by atoms with Crippen LogP contribution in [0.4, 0.5) is 23.0 Å². The highest BCUT2D eigenvalue weighted by Crippen LogP contribution is 2.38. The van der Waals surface area contributed by atoms with Gasteiger partial charge in [0.1, 0.15) is 17.8 Å². The molecule has 1 N–H and O–H groups in total. The summed E-state index contributed by atoms with van der Waals surface area (Å²) in [5.41, 5.74) is 0.418. The molecule has 2 heterocycles. The van der Waals surface area contributed by atoms with Gasteiger partial charge in [-0.1, -0.05) is 0 Å². The van der Waals surface area contributed by atoms with Crippen LogP contribution >= 0.6 is 0 Å². The maximum atomic E-state index is 11.8. The minimum absolute atomic E-state index is 0.131. The maximum Gasteiger partial charge on any atom is 0.353 e. The second kappa shape index (κ2) is 8.07. The van der Waals surface area contributed by atoms with Crippen LogP contribution in [0.1, 0.15) is 26.2 Å². The second-order valence-corrected chi connectivity index (χ2v) is 6.38. The number of nitrogens with one attached hydrogen (secondary N) is 1. The van der Waals surface area contributed by atoms with E-state index < -0.39 is 4.92 Å². The molecule has 27 heavy (non-hydrogen) atoms. The van der Waals surface area contributed by atoms with E-state index in [0.29, 0.717) is 23.0 Å². The topological polar surface area (TPSA) is 103 Å². The minimum Gasteiger partial charge on any atom is -0.497 e. The lowest BCUT2D eigenvalue weighted by Crippen LogP contribution is -2.38. The standard InChI is InChI=1S/C18H23N5O4/c1-12-6-4-5-9-22(12)18-16(23(24)25)17(19-11-20-18)21-14-8-7-13(26-2)10-15(14)27-3/h7-8,10-12H,4-6,9H2,1-3H3,(H,19,20,21). The van der Waals surface area contributed by atoms with Crippen molar-refractivity contribution in [1.29, 1.82) is 0 Å². The first kappa shape index (κ1) is 18.7. The Morgan fingerprint density at radius 3 is 2.74 bits per heavy atom. The van der Waals surface area contributed by atoms with Crippen LogP contribution in [0.2, 0.25) is 0 Å². The van der Waals surface area contributed by atoms with Crippen LogP contribution < -0.4 is 19.7 Å². The van der Waals surface area contributed by atoms with Gasteiger partial charge in [0.15, 0.2) is 0 Å². The molecule has 144 valence electrons. The number of anilines is 3. The van der Waals surface area contributed by atoms with Crippen LogP contribution in [0.15, 0.2) is 24.5 Å². The van der Waals surface area contributed by atoms with Gasteiger partial charge < -0.3 is 19.7 Å². The Kier molecular flexibility index (Phi) is 5.58. The summed E-state index contributed by atoms with van der Waals surface area (Å²) in [7, 11) is 3.08. The number of aromatic nitrogens is 2. The molecule has 3 rings (SSSR count). The van der Waals surface area contributed by atoms with Gasteiger partial charge >= 0.3 is 5.69 Å². The predicted molar refractivity (Wildman–Crippen MR) is 102 cm³/mol. The fourth-order valence-corrected chi connectivity index (χ4v) is 3.28. The highest BCUT2D eigenvalue weighted by molar-refractivity contribution is 5.77. The maximum absolute atomic E-state index is 11.8. The number of nitrogens with zero attached hydrogens (tertiary/aromatic N) is 4. The number of hydrogen-bond donors (Lipinski definition) is 1. The quantitative estimate of drug-likeness (QED) is 0.606. The van der Waals surface area contributed by atoms with Crippen molar-refractivity contribution < 1.29 is 14.4 Å². The average molecular weight is 373 g/mol. The molecular weight excluding hydrogens is 350 g/mol. The van der Waals surface area contributed by atoms with E-state index in [1.54, 1.807) is 25.3 Å². The zero-order valence-corrected chi connectivity index (χ0v) is 15.6. The van der Waals surface area contributed by atoms with Crippen molar-refractivity contribution in [2.24, 2.45) is 0 Å². The van der Waals surface area contributed by atoms with Crippen LogP contribution in [-0.2, 0) is 0 Å². The first-order chi connectivity index (χ1) is 13.0. The van der Waals surface area contributed by atoms with E-state index in [4.69, 9.17) is 9.47 Å². The number of hydrogen-bond acceptors (Lipinski definition) is 8. The number of ether oxygens (including phenoxy) is 2. The van der Waals surface area contributed by atoms with Gasteiger partial charge in [0.25, 0.3) is 0 Å². The van der Waals surface area contributed by atoms with Crippen molar-refractivity contribution in [2.75, 3.05) is 31.0 Å². The molecule has 1 aromatic carbocycles. The van der Waals surface area contributed by atoms with Gasteiger partial charge in [0.05, 0.1) is 24.8 Å². The highest BCUT2D eigenvalue weighted by atomic mass is 16.6. The van der Waals surface area contributed by atoms with Crippen LogP contribution in [0.3, 0.4) is 0 Å². The van der Waals surface area contributed by atoms with Crippen LogP contribution in [0, 0.1) is 10.1 Å². The third-order valence-electron chi connectivity index (χ3n) is 4.72. The summed E-state index contributed by atoms with van der Waals surface area (Å²) in [4.78, 5) is 21.7. The lowest BCUT2D eigenvalue weighted by molar-refractivity contribution is -0.383. The summed E-state index contributed by atoms with van der Waals surface area (Å²) < 4.78 is 10.5. The van der Waals surface area contributed by atoms with Crippen molar-refractivity contribution in [3.05, 3.63) is 34.6 Å². The molecule has 0 amide bonds. The van der Waals surface area contributed by atoms with Crippen LogP contribution in [0.25, 0.3) is 0 Å². The third-order valence-corrected chi connectivity index (χ3v) is 4.72. The van der Waals surface area contributed by atoms with Crippen molar-refractivity contribution in [2.45, 2.75) is 32.2 Å². The molecule has 0 saturated carbocycles. The number of rotatable bonds is 6. The zero-order chi connectivity index (χ0) is 19.4. The Bertz CT molecular complexity index is 829. The molecule has 1 unspecified atom stereocenters. The van der Waals surface area contributed by atoms with E-state index in [1.165, 1.54) is 13.4 Å². The molecular formula is C18H23N5O4. The summed E-state index contributed by atoms with van der Waals surface area (Å²) in [5.74, 6) is 1.59. The van der Waals surface area contributed by atoms with Gasteiger partial charge in [-0.25, -0.2) is 9.97 Å². The lowest BCUT2D eigenvalue weighted by Gasteiger charge is -2.33. The van der Waals surface area contributed by atoms with Crippen LogP contribution in [0.5, 0.6) is 11.5 Å². The van der Waals surface area contributed by atoms with E-state index in [-0.39, 0.29) is 17.5 Å². The highest BCUT2D eigenvalue weighted by Gasteiger charge is 2.31. The van der Waals surface area contributed by atoms with E-state index in [1.807, 2.05) is 4.90 Å².